The highest BCUT2D eigenvalue weighted by molar-refractivity contribution is 5.84. The molecule has 0 heterocycles. The smallest absolute Gasteiger partial charge is 0.303 e. The van der Waals surface area contributed by atoms with E-state index >= 15 is 0 Å². The van der Waals surface area contributed by atoms with Crippen LogP contribution in [0.4, 0.5) is 0 Å². The molecule has 0 saturated carbocycles. The van der Waals surface area contributed by atoms with Crippen molar-refractivity contribution in [2.75, 3.05) is 14.2 Å². The summed E-state index contributed by atoms with van der Waals surface area (Å²) in [5, 5.41) is 8.58. The van der Waals surface area contributed by atoms with Crippen LogP contribution in [0.3, 0.4) is 0 Å². The van der Waals surface area contributed by atoms with Crippen LogP contribution in [0.15, 0.2) is 12.1 Å². The van der Waals surface area contributed by atoms with Crippen molar-refractivity contribution < 1.29 is 24.2 Å². The second-order valence-corrected chi connectivity index (χ2v) is 3.78. The maximum absolute atomic E-state index is 10.9. The molecule has 1 rings (SSSR count). The zero-order valence-electron chi connectivity index (χ0n) is 10.4. The van der Waals surface area contributed by atoms with Crippen molar-refractivity contribution in [3.05, 3.63) is 23.3 Å². The standard InChI is InChI=1S/C13H16O5/c1-17-11-6-9(4-3-5-13(15)16)7-12(18-2)10(11)8-14/h6-8H,3-5H2,1-2H3,(H,15,16). The number of carbonyl (C=O) groups excluding carboxylic acids is 1. The number of aryl methyl sites for hydroxylation is 1. The Bertz CT molecular complexity index is 414. The van der Waals surface area contributed by atoms with Gasteiger partial charge in [0.25, 0.3) is 0 Å². The van der Waals surface area contributed by atoms with Crippen LogP contribution in [0.2, 0.25) is 0 Å². The molecule has 0 saturated heterocycles. The van der Waals surface area contributed by atoms with Crippen molar-refractivity contribution in [3.8, 4) is 11.5 Å². The Morgan fingerprint density at radius 2 is 1.83 bits per heavy atom. The fourth-order valence-electron chi connectivity index (χ4n) is 1.70. The van der Waals surface area contributed by atoms with Crippen LogP contribution < -0.4 is 9.47 Å². The third-order valence-electron chi connectivity index (χ3n) is 2.58. The first-order valence-electron chi connectivity index (χ1n) is 5.54. The first-order valence-corrected chi connectivity index (χ1v) is 5.54. The molecule has 0 aliphatic carbocycles. The van der Waals surface area contributed by atoms with E-state index in [-0.39, 0.29) is 6.42 Å². The van der Waals surface area contributed by atoms with Crippen LogP contribution in [-0.4, -0.2) is 31.6 Å². The molecular weight excluding hydrogens is 236 g/mol. The lowest BCUT2D eigenvalue weighted by molar-refractivity contribution is -0.137. The number of rotatable bonds is 7. The first-order chi connectivity index (χ1) is 8.62. The Hall–Kier alpha value is -2.04. The highest BCUT2D eigenvalue weighted by Crippen LogP contribution is 2.29. The van der Waals surface area contributed by atoms with Gasteiger partial charge in [-0.2, -0.15) is 0 Å². The summed E-state index contributed by atoms with van der Waals surface area (Å²) >= 11 is 0. The third-order valence-corrected chi connectivity index (χ3v) is 2.58. The van der Waals surface area contributed by atoms with Gasteiger partial charge < -0.3 is 14.6 Å². The number of ether oxygens (including phenoxy) is 2. The molecular formula is C13H16O5. The van der Waals surface area contributed by atoms with E-state index in [2.05, 4.69) is 0 Å². The molecule has 1 aromatic rings. The average Bonchev–Trinajstić information content (AvgIpc) is 2.36. The number of aliphatic carboxylic acids is 1. The monoisotopic (exact) mass is 252 g/mol. The second kappa shape index (κ2) is 6.64. The molecule has 0 atom stereocenters. The quantitative estimate of drug-likeness (QED) is 0.750. The maximum atomic E-state index is 10.9. The summed E-state index contributed by atoms with van der Waals surface area (Å²) in [4.78, 5) is 21.4. The molecule has 1 aromatic carbocycles. The van der Waals surface area contributed by atoms with E-state index in [1.807, 2.05) is 0 Å². The summed E-state index contributed by atoms with van der Waals surface area (Å²) in [6, 6.07) is 3.46. The maximum Gasteiger partial charge on any atom is 0.303 e. The number of methoxy groups -OCH3 is 2. The molecule has 0 unspecified atom stereocenters. The van der Waals surface area contributed by atoms with Crippen LogP contribution in [0.1, 0.15) is 28.8 Å². The van der Waals surface area contributed by atoms with Crippen LogP contribution in [0.5, 0.6) is 11.5 Å². The fourth-order valence-corrected chi connectivity index (χ4v) is 1.70. The van der Waals surface area contributed by atoms with Crippen LogP contribution in [0, 0.1) is 0 Å². The van der Waals surface area contributed by atoms with Crippen LogP contribution >= 0.6 is 0 Å². The van der Waals surface area contributed by atoms with Gasteiger partial charge in [-0.25, -0.2) is 0 Å². The first kappa shape index (κ1) is 14.0. The predicted molar refractivity (Wildman–Crippen MR) is 65.5 cm³/mol. The van der Waals surface area contributed by atoms with Crippen molar-refractivity contribution in [3.63, 3.8) is 0 Å². The minimum Gasteiger partial charge on any atom is -0.496 e. The van der Waals surface area contributed by atoms with Gasteiger partial charge in [0.2, 0.25) is 0 Å². The lowest BCUT2D eigenvalue weighted by Crippen LogP contribution is -2.00. The second-order valence-electron chi connectivity index (χ2n) is 3.78. The van der Waals surface area contributed by atoms with E-state index in [0.717, 1.165) is 5.56 Å². The zero-order chi connectivity index (χ0) is 13.5. The Labute approximate surface area is 105 Å². The van der Waals surface area contributed by atoms with Crippen molar-refractivity contribution in [2.45, 2.75) is 19.3 Å². The number of benzene rings is 1. The van der Waals surface area contributed by atoms with E-state index in [1.165, 1.54) is 14.2 Å². The normalized spacial score (nSPS) is 9.89. The number of carboxylic acid groups (broad SMARTS) is 1. The summed E-state index contributed by atoms with van der Waals surface area (Å²) < 4.78 is 10.2. The number of hydrogen-bond donors (Lipinski definition) is 1. The van der Waals surface area contributed by atoms with Gasteiger partial charge in [0, 0.05) is 6.42 Å². The third kappa shape index (κ3) is 3.48. The fraction of sp³-hybridized carbons (Fsp3) is 0.385. The molecule has 1 N–H and O–H groups in total. The number of carboxylic acids is 1. The average molecular weight is 252 g/mol. The Morgan fingerprint density at radius 3 is 2.22 bits per heavy atom. The van der Waals surface area contributed by atoms with Gasteiger partial charge in [0.1, 0.15) is 11.5 Å². The summed E-state index contributed by atoms with van der Waals surface area (Å²) in [6.07, 6.45) is 1.92. The summed E-state index contributed by atoms with van der Waals surface area (Å²) in [6.45, 7) is 0. The molecule has 0 spiro atoms. The van der Waals surface area contributed by atoms with Gasteiger partial charge >= 0.3 is 5.97 Å². The molecule has 0 bridgehead atoms. The summed E-state index contributed by atoms with van der Waals surface area (Å²) in [5.74, 6) is 0.0581. The Balaban J connectivity index is 2.93. The minimum absolute atomic E-state index is 0.111. The van der Waals surface area contributed by atoms with E-state index in [9.17, 15) is 9.59 Å². The van der Waals surface area contributed by atoms with Crippen molar-refractivity contribution in [2.24, 2.45) is 0 Å². The zero-order valence-corrected chi connectivity index (χ0v) is 10.4. The largest absolute Gasteiger partial charge is 0.496 e. The SMILES string of the molecule is COc1cc(CCCC(=O)O)cc(OC)c1C=O. The molecule has 98 valence electrons. The number of hydrogen-bond acceptors (Lipinski definition) is 4. The lowest BCUT2D eigenvalue weighted by Gasteiger charge is -2.11. The van der Waals surface area contributed by atoms with Gasteiger partial charge in [0.05, 0.1) is 19.8 Å². The molecule has 0 amide bonds. The predicted octanol–water partition coefficient (Wildman–Crippen LogP) is 1.92. The molecule has 18 heavy (non-hydrogen) atoms. The molecule has 0 aliphatic heterocycles. The van der Waals surface area contributed by atoms with Gasteiger partial charge in [0.15, 0.2) is 6.29 Å². The van der Waals surface area contributed by atoms with E-state index in [0.29, 0.717) is 36.2 Å². The molecule has 0 aromatic heterocycles. The van der Waals surface area contributed by atoms with Crippen LogP contribution in [-0.2, 0) is 11.2 Å². The molecule has 5 nitrogen and oxygen atoms in total. The van der Waals surface area contributed by atoms with Gasteiger partial charge in [-0.15, -0.1) is 0 Å². The van der Waals surface area contributed by atoms with Crippen LogP contribution in [0.25, 0.3) is 0 Å². The molecule has 5 heteroatoms. The van der Waals surface area contributed by atoms with Gasteiger partial charge in [-0.05, 0) is 30.5 Å². The van der Waals surface area contributed by atoms with Crippen molar-refractivity contribution in [1.82, 2.24) is 0 Å². The Morgan fingerprint density at radius 1 is 1.28 bits per heavy atom. The van der Waals surface area contributed by atoms with Crippen molar-refractivity contribution >= 4 is 12.3 Å². The minimum atomic E-state index is -0.821. The summed E-state index contributed by atoms with van der Waals surface area (Å²) in [5.41, 5.74) is 1.25. The van der Waals surface area contributed by atoms with Gasteiger partial charge in [-0.1, -0.05) is 0 Å². The van der Waals surface area contributed by atoms with E-state index in [1.54, 1.807) is 12.1 Å². The number of aldehydes is 1. The molecule has 0 fully saturated rings. The molecule has 0 radical (unpaired) electrons. The lowest BCUT2D eigenvalue weighted by atomic mass is 10.0. The molecule has 0 aliphatic rings. The van der Waals surface area contributed by atoms with E-state index in [4.69, 9.17) is 14.6 Å². The highest BCUT2D eigenvalue weighted by atomic mass is 16.5. The number of carbonyl (C=O) groups is 2. The Kier molecular flexibility index (Phi) is 5.17. The van der Waals surface area contributed by atoms with E-state index < -0.39 is 5.97 Å². The summed E-state index contributed by atoms with van der Waals surface area (Å²) in [7, 11) is 2.95. The topological polar surface area (TPSA) is 72.8 Å². The van der Waals surface area contributed by atoms with Gasteiger partial charge in [-0.3, -0.25) is 9.59 Å². The highest BCUT2D eigenvalue weighted by Gasteiger charge is 2.11. The van der Waals surface area contributed by atoms with Crippen molar-refractivity contribution in [1.29, 1.82) is 0 Å².